The topological polar surface area (TPSA) is 38.0 Å². The molecule has 1 aliphatic carbocycles. The molecule has 1 aliphatic rings. The van der Waals surface area contributed by atoms with Crippen molar-refractivity contribution in [3.05, 3.63) is 18.2 Å². The highest BCUT2D eigenvalue weighted by molar-refractivity contribution is 4.98. The summed E-state index contributed by atoms with van der Waals surface area (Å²) in [6, 6.07) is 0.248. The van der Waals surface area contributed by atoms with E-state index in [0.29, 0.717) is 0 Å². The lowest BCUT2D eigenvalue weighted by molar-refractivity contribution is 0.0509. The molecule has 0 bridgehead atoms. The molecule has 1 saturated carbocycles. The van der Waals surface area contributed by atoms with Crippen molar-refractivity contribution in [1.82, 2.24) is 9.55 Å². The van der Waals surface area contributed by atoms with Crippen molar-refractivity contribution >= 4 is 0 Å². The summed E-state index contributed by atoms with van der Waals surface area (Å²) < 4.78 is 2.20. The first-order valence-corrected chi connectivity index (χ1v) is 6.96. The first kappa shape index (κ1) is 12.6. The van der Waals surface area contributed by atoms with Crippen molar-refractivity contribution in [2.45, 2.75) is 64.5 Å². The van der Waals surface area contributed by atoms with Crippen LogP contribution in [0.2, 0.25) is 0 Å². The van der Waals surface area contributed by atoms with Crippen molar-refractivity contribution in [2.24, 2.45) is 5.92 Å². The largest absolute Gasteiger partial charge is 0.391 e. The second-order valence-corrected chi connectivity index (χ2v) is 5.21. The highest BCUT2D eigenvalue weighted by Gasteiger charge is 2.30. The number of aliphatic hydroxyl groups excluding tert-OH is 1. The molecule has 96 valence electrons. The minimum absolute atomic E-state index is 0.192. The average Bonchev–Trinajstić information content (AvgIpc) is 2.80. The van der Waals surface area contributed by atoms with Crippen molar-refractivity contribution < 1.29 is 5.11 Å². The van der Waals surface area contributed by atoms with Crippen LogP contribution in [0.1, 0.15) is 57.8 Å². The molecule has 3 atom stereocenters. The van der Waals surface area contributed by atoms with Crippen molar-refractivity contribution in [3.63, 3.8) is 0 Å². The Balaban J connectivity index is 2.12. The standard InChI is InChI=1S/C14H24N2O/c1-3-5-11-6-7-13(17)12(10-11)16-9-8-15-14(16)4-2/h8-9,11-13,17H,3-7,10H2,1-2H3. The van der Waals surface area contributed by atoms with Crippen LogP contribution in [0.5, 0.6) is 0 Å². The average molecular weight is 236 g/mol. The monoisotopic (exact) mass is 236 g/mol. The van der Waals surface area contributed by atoms with E-state index in [9.17, 15) is 5.11 Å². The molecule has 2 rings (SSSR count). The fraction of sp³-hybridized carbons (Fsp3) is 0.786. The number of imidazole rings is 1. The number of rotatable bonds is 4. The molecule has 3 unspecified atom stereocenters. The van der Waals surface area contributed by atoms with Gasteiger partial charge in [0.2, 0.25) is 0 Å². The van der Waals surface area contributed by atoms with Crippen LogP contribution in [0.4, 0.5) is 0 Å². The Bertz CT molecular complexity index is 348. The molecule has 3 nitrogen and oxygen atoms in total. The molecule has 0 radical (unpaired) electrons. The lowest BCUT2D eigenvalue weighted by Crippen LogP contribution is -2.32. The SMILES string of the molecule is CCCC1CCC(O)C(n2ccnc2CC)C1. The van der Waals surface area contributed by atoms with Gasteiger partial charge in [-0.2, -0.15) is 0 Å². The lowest BCUT2D eigenvalue weighted by atomic mass is 9.81. The molecule has 1 heterocycles. The number of hydrogen-bond donors (Lipinski definition) is 1. The summed E-state index contributed by atoms with van der Waals surface area (Å²) in [5.41, 5.74) is 0. The van der Waals surface area contributed by atoms with E-state index in [2.05, 4.69) is 23.4 Å². The molecule has 3 heteroatoms. The van der Waals surface area contributed by atoms with Gasteiger partial charge < -0.3 is 9.67 Å². The van der Waals surface area contributed by atoms with Crippen LogP contribution >= 0.6 is 0 Å². The third kappa shape index (κ3) is 2.71. The van der Waals surface area contributed by atoms with Gasteiger partial charge in [0.05, 0.1) is 12.1 Å². The Morgan fingerprint density at radius 2 is 2.24 bits per heavy atom. The molecule has 1 N–H and O–H groups in total. The molecule has 0 saturated heterocycles. The normalized spacial score (nSPS) is 29.5. The Morgan fingerprint density at radius 1 is 1.41 bits per heavy atom. The third-order valence-electron chi connectivity index (χ3n) is 4.01. The van der Waals surface area contributed by atoms with E-state index in [1.807, 2.05) is 12.4 Å². The zero-order chi connectivity index (χ0) is 12.3. The van der Waals surface area contributed by atoms with E-state index in [4.69, 9.17) is 0 Å². The van der Waals surface area contributed by atoms with E-state index in [1.165, 1.54) is 19.3 Å². The van der Waals surface area contributed by atoms with E-state index in [0.717, 1.165) is 31.0 Å². The number of aryl methyl sites for hydroxylation is 1. The summed E-state index contributed by atoms with van der Waals surface area (Å²) >= 11 is 0. The van der Waals surface area contributed by atoms with Crippen LogP contribution in [0, 0.1) is 5.92 Å². The first-order valence-electron chi connectivity index (χ1n) is 6.96. The van der Waals surface area contributed by atoms with Crippen LogP contribution < -0.4 is 0 Å². The molecule has 0 aromatic carbocycles. The minimum Gasteiger partial charge on any atom is -0.391 e. The quantitative estimate of drug-likeness (QED) is 0.872. The first-order chi connectivity index (χ1) is 8.26. The molecule has 0 spiro atoms. The van der Waals surface area contributed by atoms with Gasteiger partial charge in [-0.05, 0) is 25.2 Å². The number of hydrogen-bond acceptors (Lipinski definition) is 2. The van der Waals surface area contributed by atoms with Gasteiger partial charge >= 0.3 is 0 Å². The summed E-state index contributed by atoms with van der Waals surface area (Å²) in [5, 5.41) is 10.2. The minimum atomic E-state index is -0.192. The highest BCUT2D eigenvalue weighted by Crippen LogP contribution is 2.35. The van der Waals surface area contributed by atoms with Gasteiger partial charge in [0.15, 0.2) is 0 Å². The fourth-order valence-electron chi connectivity index (χ4n) is 3.10. The van der Waals surface area contributed by atoms with Crippen molar-refractivity contribution in [3.8, 4) is 0 Å². The summed E-state index contributed by atoms with van der Waals surface area (Å²) in [6.07, 6.45) is 10.4. The Kier molecular flexibility index (Phi) is 4.21. The predicted octanol–water partition coefficient (Wildman–Crippen LogP) is 2.95. The molecule has 17 heavy (non-hydrogen) atoms. The van der Waals surface area contributed by atoms with E-state index in [-0.39, 0.29) is 12.1 Å². The Morgan fingerprint density at radius 3 is 2.94 bits per heavy atom. The summed E-state index contributed by atoms with van der Waals surface area (Å²) in [6.45, 7) is 4.37. The van der Waals surface area contributed by atoms with Crippen molar-refractivity contribution in [1.29, 1.82) is 0 Å². The van der Waals surface area contributed by atoms with Crippen LogP contribution in [0.3, 0.4) is 0 Å². The molecule has 1 aromatic heterocycles. The van der Waals surface area contributed by atoms with E-state index >= 15 is 0 Å². The molecule has 1 aromatic rings. The van der Waals surface area contributed by atoms with Crippen molar-refractivity contribution in [2.75, 3.05) is 0 Å². The summed E-state index contributed by atoms with van der Waals surface area (Å²) in [5.74, 6) is 1.88. The van der Waals surface area contributed by atoms with Crippen LogP contribution in [0.25, 0.3) is 0 Å². The zero-order valence-electron chi connectivity index (χ0n) is 11.0. The smallest absolute Gasteiger partial charge is 0.108 e. The third-order valence-corrected chi connectivity index (χ3v) is 4.01. The van der Waals surface area contributed by atoms with Gasteiger partial charge in [-0.25, -0.2) is 4.98 Å². The number of aromatic nitrogens is 2. The zero-order valence-corrected chi connectivity index (χ0v) is 11.0. The van der Waals surface area contributed by atoms with Crippen LogP contribution in [-0.4, -0.2) is 20.8 Å². The van der Waals surface area contributed by atoms with Gasteiger partial charge in [0, 0.05) is 18.8 Å². The molecular weight excluding hydrogens is 212 g/mol. The second kappa shape index (κ2) is 5.67. The Labute approximate surface area is 104 Å². The fourth-order valence-corrected chi connectivity index (χ4v) is 3.10. The highest BCUT2D eigenvalue weighted by atomic mass is 16.3. The number of nitrogens with zero attached hydrogens (tertiary/aromatic N) is 2. The summed E-state index contributed by atoms with van der Waals surface area (Å²) in [4.78, 5) is 4.37. The number of aliphatic hydroxyl groups is 1. The van der Waals surface area contributed by atoms with Gasteiger partial charge in [-0.3, -0.25) is 0 Å². The summed E-state index contributed by atoms with van der Waals surface area (Å²) in [7, 11) is 0. The maximum atomic E-state index is 10.2. The Hall–Kier alpha value is -0.830. The maximum absolute atomic E-state index is 10.2. The molecule has 1 fully saturated rings. The van der Waals surface area contributed by atoms with Gasteiger partial charge in [-0.15, -0.1) is 0 Å². The van der Waals surface area contributed by atoms with Gasteiger partial charge in [0.1, 0.15) is 5.82 Å². The van der Waals surface area contributed by atoms with Gasteiger partial charge in [-0.1, -0.05) is 26.7 Å². The second-order valence-electron chi connectivity index (χ2n) is 5.21. The molecule has 0 aliphatic heterocycles. The molecule has 0 amide bonds. The predicted molar refractivity (Wildman–Crippen MR) is 68.9 cm³/mol. The van der Waals surface area contributed by atoms with Gasteiger partial charge in [0.25, 0.3) is 0 Å². The molecular formula is C14H24N2O. The van der Waals surface area contributed by atoms with Crippen LogP contribution in [-0.2, 0) is 6.42 Å². The maximum Gasteiger partial charge on any atom is 0.108 e. The van der Waals surface area contributed by atoms with E-state index in [1.54, 1.807) is 0 Å². The lowest BCUT2D eigenvalue weighted by Gasteiger charge is -2.34. The van der Waals surface area contributed by atoms with Crippen LogP contribution in [0.15, 0.2) is 12.4 Å². The van der Waals surface area contributed by atoms with E-state index < -0.39 is 0 Å².